The van der Waals surface area contributed by atoms with Gasteiger partial charge >= 0.3 is 5.97 Å². The highest BCUT2D eigenvalue weighted by Crippen LogP contribution is 2.20. The molecule has 0 aliphatic heterocycles. The van der Waals surface area contributed by atoms with Crippen molar-refractivity contribution in [1.29, 1.82) is 0 Å². The molecule has 0 saturated heterocycles. The summed E-state index contributed by atoms with van der Waals surface area (Å²) in [5.41, 5.74) is 5.44. The SMILES string of the molecule is CC(=O)CCN(CCC[C@H](N)C(=O)O)S(=O)(=O)c1ccc(OCC[18F])cc1. The third-order valence-electron chi connectivity index (χ3n) is 3.76. The Morgan fingerprint density at radius 2 is 1.89 bits per heavy atom. The highest BCUT2D eigenvalue weighted by atomic mass is 32.2. The minimum Gasteiger partial charge on any atom is -0.491 e. The normalized spacial score (nSPS) is 12.7. The molecule has 0 heterocycles. The van der Waals surface area contributed by atoms with E-state index in [4.69, 9.17) is 15.6 Å². The highest BCUT2D eigenvalue weighted by Gasteiger charge is 2.25. The van der Waals surface area contributed by atoms with Crippen molar-refractivity contribution in [3.05, 3.63) is 24.3 Å². The molecule has 0 amide bonds. The van der Waals surface area contributed by atoms with Crippen LogP contribution in [-0.4, -0.2) is 62.0 Å². The second-order valence-electron chi connectivity index (χ2n) is 5.95. The molecule has 3 N–H and O–H groups in total. The predicted molar refractivity (Wildman–Crippen MR) is 96.8 cm³/mol. The molecule has 0 radical (unpaired) electrons. The molecule has 1 aromatic rings. The molecule has 0 fully saturated rings. The maximum atomic E-state index is 12.8. The fourth-order valence-electron chi connectivity index (χ4n) is 2.26. The molecule has 152 valence electrons. The summed E-state index contributed by atoms with van der Waals surface area (Å²) in [6.07, 6.45) is 0.391. The van der Waals surface area contributed by atoms with Crippen LogP contribution in [0.1, 0.15) is 26.2 Å². The Morgan fingerprint density at radius 3 is 2.41 bits per heavy atom. The number of carbonyl (C=O) groups excluding carboxylic acids is 1. The van der Waals surface area contributed by atoms with E-state index in [9.17, 15) is 22.4 Å². The van der Waals surface area contributed by atoms with Crippen molar-refractivity contribution in [3.8, 4) is 5.75 Å². The molecular weight excluding hydrogens is 378 g/mol. The van der Waals surface area contributed by atoms with Crippen LogP contribution in [0, 0.1) is 0 Å². The van der Waals surface area contributed by atoms with Crippen LogP contribution in [0.5, 0.6) is 5.75 Å². The van der Waals surface area contributed by atoms with E-state index in [0.717, 1.165) is 4.31 Å². The average molecular weight is 403 g/mol. The number of nitrogens with zero attached hydrogens (tertiary/aromatic N) is 1. The van der Waals surface area contributed by atoms with Gasteiger partial charge in [-0.3, -0.25) is 9.59 Å². The first-order valence-electron chi connectivity index (χ1n) is 8.45. The Labute approximate surface area is 158 Å². The van der Waals surface area contributed by atoms with Gasteiger partial charge in [-0.2, -0.15) is 4.31 Å². The van der Waals surface area contributed by atoms with Gasteiger partial charge in [-0.05, 0) is 44.0 Å². The van der Waals surface area contributed by atoms with Crippen molar-refractivity contribution in [2.45, 2.75) is 37.1 Å². The molecule has 1 rings (SSSR count). The van der Waals surface area contributed by atoms with E-state index in [-0.39, 0.29) is 49.6 Å². The van der Waals surface area contributed by atoms with Gasteiger partial charge in [-0.15, -0.1) is 0 Å². The summed E-state index contributed by atoms with van der Waals surface area (Å²) in [5, 5.41) is 8.81. The van der Waals surface area contributed by atoms with Crippen LogP contribution in [0.2, 0.25) is 0 Å². The summed E-state index contributed by atoms with van der Waals surface area (Å²) in [6.45, 7) is 0.608. The molecule has 10 heteroatoms. The lowest BCUT2D eigenvalue weighted by molar-refractivity contribution is -0.138. The summed E-state index contributed by atoms with van der Waals surface area (Å²) in [4.78, 5) is 22.0. The number of nitrogens with two attached hydrogens (primary N) is 1. The van der Waals surface area contributed by atoms with Crippen molar-refractivity contribution in [1.82, 2.24) is 4.31 Å². The zero-order valence-corrected chi connectivity index (χ0v) is 16.0. The Bertz CT molecular complexity index is 723. The van der Waals surface area contributed by atoms with Crippen molar-refractivity contribution >= 4 is 21.8 Å². The number of carboxylic acid groups (broad SMARTS) is 1. The van der Waals surface area contributed by atoms with Gasteiger partial charge in [-0.1, -0.05) is 0 Å². The van der Waals surface area contributed by atoms with Gasteiger partial charge in [0, 0.05) is 19.5 Å². The number of hydrogen-bond acceptors (Lipinski definition) is 6. The summed E-state index contributed by atoms with van der Waals surface area (Å²) in [6, 6.07) is 4.45. The van der Waals surface area contributed by atoms with Crippen molar-refractivity contribution in [3.63, 3.8) is 0 Å². The predicted octanol–water partition coefficient (Wildman–Crippen LogP) is 1.20. The Hall–Kier alpha value is -2.04. The molecule has 1 atom stereocenters. The monoisotopic (exact) mass is 403 g/mol. The molecule has 27 heavy (non-hydrogen) atoms. The zero-order chi connectivity index (χ0) is 20.4. The standard InChI is InChI=1S/C17H25FN2O6S/c1-13(21)8-11-20(10-2-3-16(19)17(22)23)27(24,25)15-6-4-14(5-7-15)26-12-9-18/h4-7,16H,2-3,8-12,19H2,1H3,(H,22,23)/t16-/m0/s1/i18-1. The maximum absolute atomic E-state index is 12.8. The van der Waals surface area contributed by atoms with Crippen molar-refractivity contribution in [2.75, 3.05) is 26.4 Å². The fraction of sp³-hybridized carbons (Fsp3) is 0.529. The van der Waals surface area contributed by atoms with Crippen LogP contribution in [0.3, 0.4) is 0 Å². The second kappa shape index (κ2) is 11.0. The van der Waals surface area contributed by atoms with E-state index in [2.05, 4.69) is 0 Å². The smallest absolute Gasteiger partial charge is 0.320 e. The first-order valence-corrected chi connectivity index (χ1v) is 9.89. The molecule has 0 aliphatic rings. The topological polar surface area (TPSA) is 127 Å². The number of Topliss-reactive ketones (excluding diaryl/α,β-unsaturated/α-hetero) is 1. The number of carbonyl (C=O) groups is 2. The fourth-order valence-corrected chi connectivity index (χ4v) is 3.74. The van der Waals surface area contributed by atoms with Gasteiger partial charge in [0.1, 0.15) is 30.9 Å². The molecule has 0 saturated carbocycles. The molecule has 8 nitrogen and oxygen atoms in total. The number of sulfonamides is 1. The number of carboxylic acids is 1. The summed E-state index contributed by atoms with van der Waals surface area (Å²) < 4.78 is 44.0. The Kier molecular flexibility index (Phi) is 9.33. The minimum absolute atomic E-state index is 0.00110. The number of ketones is 1. The molecule has 0 unspecified atom stereocenters. The molecular formula is C17H25FN2O6S. The van der Waals surface area contributed by atoms with Gasteiger partial charge in [0.25, 0.3) is 0 Å². The Morgan fingerprint density at radius 1 is 1.26 bits per heavy atom. The van der Waals surface area contributed by atoms with Gasteiger partial charge in [0.2, 0.25) is 10.0 Å². The van der Waals surface area contributed by atoms with Crippen LogP contribution < -0.4 is 10.5 Å². The highest BCUT2D eigenvalue weighted by molar-refractivity contribution is 7.89. The van der Waals surface area contributed by atoms with Crippen molar-refractivity contribution in [2.24, 2.45) is 5.73 Å². The third-order valence-corrected chi connectivity index (χ3v) is 5.67. The third kappa shape index (κ3) is 7.61. The zero-order valence-electron chi connectivity index (χ0n) is 15.1. The second-order valence-corrected chi connectivity index (χ2v) is 7.89. The lowest BCUT2D eigenvalue weighted by Gasteiger charge is -2.22. The van der Waals surface area contributed by atoms with Gasteiger partial charge in [0.15, 0.2) is 0 Å². The number of halogens is 1. The number of hydrogen-bond donors (Lipinski definition) is 2. The summed E-state index contributed by atoms with van der Waals surface area (Å²) >= 11 is 0. The van der Waals surface area contributed by atoms with E-state index < -0.39 is 28.7 Å². The van der Waals surface area contributed by atoms with Crippen LogP contribution in [0.4, 0.5) is 4.39 Å². The minimum atomic E-state index is -3.89. The molecule has 0 aromatic heterocycles. The van der Waals surface area contributed by atoms with Crippen LogP contribution >= 0.6 is 0 Å². The van der Waals surface area contributed by atoms with Gasteiger partial charge in [0.05, 0.1) is 4.90 Å². The number of aliphatic carboxylic acids is 1. The van der Waals surface area contributed by atoms with E-state index in [1.165, 1.54) is 31.2 Å². The lowest BCUT2D eigenvalue weighted by atomic mass is 10.2. The molecule has 0 bridgehead atoms. The van der Waals surface area contributed by atoms with Crippen LogP contribution in [-0.2, 0) is 19.6 Å². The summed E-state index contributed by atoms with van der Waals surface area (Å²) in [7, 11) is -3.89. The lowest BCUT2D eigenvalue weighted by Crippen LogP contribution is -2.36. The molecule has 0 spiro atoms. The van der Waals surface area contributed by atoms with E-state index in [1.807, 2.05) is 0 Å². The first kappa shape index (κ1) is 23.0. The maximum Gasteiger partial charge on any atom is 0.320 e. The van der Waals surface area contributed by atoms with Crippen LogP contribution in [0.25, 0.3) is 0 Å². The van der Waals surface area contributed by atoms with Crippen molar-refractivity contribution < 1.29 is 32.2 Å². The van der Waals surface area contributed by atoms with Gasteiger partial charge < -0.3 is 15.6 Å². The van der Waals surface area contributed by atoms with E-state index in [1.54, 1.807) is 0 Å². The Balaban J connectivity index is 2.89. The number of rotatable bonds is 13. The first-order chi connectivity index (χ1) is 12.7. The number of benzene rings is 1. The van der Waals surface area contributed by atoms with Crippen LogP contribution in [0.15, 0.2) is 29.2 Å². The summed E-state index contributed by atoms with van der Waals surface area (Å²) in [5.74, 6) is -0.973. The molecule has 0 aliphatic carbocycles. The largest absolute Gasteiger partial charge is 0.491 e. The van der Waals surface area contributed by atoms with E-state index >= 15 is 0 Å². The average Bonchev–Trinajstić information content (AvgIpc) is 2.62. The van der Waals surface area contributed by atoms with Gasteiger partial charge in [-0.25, -0.2) is 12.8 Å². The quantitative estimate of drug-likeness (QED) is 0.506. The molecule has 1 aromatic carbocycles. The van der Waals surface area contributed by atoms with E-state index in [0.29, 0.717) is 5.75 Å². The number of ether oxygens (including phenoxy) is 1. The number of alkyl halides is 1.